The summed E-state index contributed by atoms with van der Waals surface area (Å²) in [6.07, 6.45) is -0.107. The van der Waals surface area contributed by atoms with E-state index in [1.54, 1.807) is 58.9 Å². The molecule has 8 nitrogen and oxygen atoms in total. The number of benzene rings is 1. The minimum absolute atomic E-state index is 0.187. The first-order valence-electron chi connectivity index (χ1n) is 8.73. The Hall–Kier alpha value is -2.77. The van der Waals surface area contributed by atoms with Gasteiger partial charge >= 0.3 is 6.09 Å². The third kappa shape index (κ3) is 8.94. The predicted octanol–water partition coefficient (Wildman–Crippen LogP) is 1.47. The molecule has 150 valence electrons. The second-order valence-electron chi connectivity index (χ2n) is 7.70. The number of amides is 3. The van der Waals surface area contributed by atoms with Gasteiger partial charge in [-0.05, 0) is 58.7 Å². The van der Waals surface area contributed by atoms with E-state index in [0.717, 1.165) is 5.56 Å². The Balaban J connectivity index is 2.39. The molecule has 0 radical (unpaired) electrons. The van der Waals surface area contributed by atoms with Crippen LogP contribution in [0.4, 0.5) is 4.79 Å². The van der Waals surface area contributed by atoms with Crippen LogP contribution in [-0.4, -0.2) is 47.2 Å². The number of hydrogen-bond acceptors (Lipinski definition) is 5. The quantitative estimate of drug-likeness (QED) is 0.572. The molecular formula is C19H29N3O5. The van der Waals surface area contributed by atoms with E-state index in [1.807, 2.05) is 0 Å². The summed E-state index contributed by atoms with van der Waals surface area (Å²) in [6, 6.07) is 6.71. The summed E-state index contributed by atoms with van der Waals surface area (Å²) >= 11 is 0. The second-order valence-corrected chi connectivity index (χ2v) is 7.70. The van der Waals surface area contributed by atoms with Crippen LogP contribution in [-0.2, 0) is 20.7 Å². The van der Waals surface area contributed by atoms with Crippen LogP contribution < -0.4 is 16.0 Å². The van der Waals surface area contributed by atoms with Gasteiger partial charge in [-0.3, -0.25) is 9.59 Å². The van der Waals surface area contributed by atoms with Crippen molar-refractivity contribution in [2.75, 3.05) is 13.1 Å². The van der Waals surface area contributed by atoms with Crippen LogP contribution in [0.3, 0.4) is 0 Å². The number of phenolic OH excluding ortho intramolecular Hbond substituents is 1. The molecule has 0 heterocycles. The maximum absolute atomic E-state index is 12.3. The average Bonchev–Trinajstić information content (AvgIpc) is 2.52. The van der Waals surface area contributed by atoms with Gasteiger partial charge in [-0.2, -0.15) is 0 Å². The lowest BCUT2D eigenvalue weighted by Crippen LogP contribution is -2.56. The van der Waals surface area contributed by atoms with Crippen molar-refractivity contribution >= 4 is 17.9 Å². The van der Waals surface area contributed by atoms with E-state index >= 15 is 0 Å². The molecule has 0 aliphatic rings. The smallest absolute Gasteiger partial charge is 0.408 e. The van der Waals surface area contributed by atoms with Gasteiger partial charge in [-0.25, -0.2) is 4.79 Å². The standard InChI is InChI=1S/C19H29N3O5/c1-18(2,3)27-17(26)21-12-15(24)22-19(4,5)16(25)20-11-10-13-6-8-14(23)9-7-13/h6-9,23H,10-12H2,1-5H3,(H,20,25)(H,21,26)(H,22,24). The van der Waals surface area contributed by atoms with Crippen LogP contribution in [0, 0.1) is 0 Å². The molecule has 0 fully saturated rings. The molecule has 1 rings (SSSR count). The fourth-order valence-electron chi connectivity index (χ4n) is 2.12. The highest BCUT2D eigenvalue weighted by Crippen LogP contribution is 2.10. The Morgan fingerprint density at radius 3 is 2.15 bits per heavy atom. The molecule has 0 saturated heterocycles. The van der Waals surface area contributed by atoms with Gasteiger partial charge in [0.15, 0.2) is 0 Å². The molecule has 1 aromatic carbocycles. The molecule has 4 N–H and O–H groups in total. The van der Waals surface area contributed by atoms with Gasteiger partial charge in [0.2, 0.25) is 11.8 Å². The summed E-state index contributed by atoms with van der Waals surface area (Å²) in [6.45, 7) is 8.41. The monoisotopic (exact) mass is 379 g/mol. The summed E-state index contributed by atoms with van der Waals surface area (Å²) in [5.41, 5.74) is -0.824. The number of rotatable bonds is 7. The molecule has 0 unspecified atom stereocenters. The number of aromatic hydroxyl groups is 1. The maximum Gasteiger partial charge on any atom is 0.408 e. The van der Waals surface area contributed by atoms with Gasteiger partial charge in [-0.15, -0.1) is 0 Å². The molecule has 0 saturated carbocycles. The topological polar surface area (TPSA) is 117 Å². The number of hydrogen-bond donors (Lipinski definition) is 4. The van der Waals surface area contributed by atoms with E-state index in [2.05, 4.69) is 16.0 Å². The number of nitrogens with one attached hydrogen (secondary N) is 3. The van der Waals surface area contributed by atoms with Crippen molar-refractivity contribution < 1.29 is 24.2 Å². The van der Waals surface area contributed by atoms with Crippen molar-refractivity contribution in [2.45, 2.75) is 52.2 Å². The van der Waals surface area contributed by atoms with Gasteiger partial charge in [-0.1, -0.05) is 12.1 Å². The van der Waals surface area contributed by atoms with Crippen LogP contribution >= 0.6 is 0 Å². The fraction of sp³-hybridized carbons (Fsp3) is 0.526. The minimum atomic E-state index is -1.14. The van der Waals surface area contributed by atoms with Gasteiger partial charge in [0.05, 0.1) is 0 Å². The first kappa shape index (κ1) is 22.3. The normalized spacial score (nSPS) is 11.4. The highest BCUT2D eigenvalue weighted by Gasteiger charge is 2.29. The Kier molecular flexibility index (Phi) is 7.63. The predicted molar refractivity (Wildman–Crippen MR) is 101 cm³/mol. The average molecular weight is 379 g/mol. The van der Waals surface area contributed by atoms with Gasteiger partial charge in [0.25, 0.3) is 0 Å². The lowest BCUT2D eigenvalue weighted by atomic mass is 10.0. The molecule has 0 bridgehead atoms. The molecule has 0 atom stereocenters. The molecule has 0 spiro atoms. The van der Waals surface area contributed by atoms with Crippen LogP contribution in [0.2, 0.25) is 0 Å². The summed E-state index contributed by atoms with van der Waals surface area (Å²) in [5, 5.41) is 16.9. The zero-order valence-electron chi connectivity index (χ0n) is 16.5. The summed E-state index contributed by atoms with van der Waals surface area (Å²) in [5.74, 6) is -0.655. The Bertz CT molecular complexity index is 663. The third-order valence-electron chi connectivity index (χ3n) is 3.45. The van der Waals surface area contributed by atoms with Crippen LogP contribution in [0.1, 0.15) is 40.2 Å². The molecule has 3 amide bonds. The van der Waals surface area contributed by atoms with Crippen LogP contribution in [0.25, 0.3) is 0 Å². The van der Waals surface area contributed by atoms with Gasteiger partial charge < -0.3 is 25.8 Å². The second kappa shape index (κ2) is 9.25. The van der Waals surface area contributed by atoms with E-state index in [0.29, 0.717) is 13.0 Å². The van der Waals surface area contributed by atoms with Crippen molar-refractivity contribution in [1.82, 2.24) is 16.0 Å². The van der Waals surface area contributed by atoms with Crippen LogP contribution in [0.15, 0.2) is 24.3 Å². The summed E-state index contributed by atoms with van der Waals surface area (Å²) in [7, 11) is 0. The van der Waals surface area contributed by atoms with Crippen molar-refractivity contribution in [1.29, 1.82) is 0 Å². The Labute approximate surface area is 159 Å². The lowest BCUT2D eigenvalue weighted by Gasteiger charge is -2.25. The van der Waals surface area contributed by atoms with E-state index in [9.17, 15) is 19.5 Å². The molecule has 0 aliphatic heterocycles. The fourth-order valence-corrected chi connectivity index (χ4v) is 2.12. The van der Waals surface area contributed by atoms with Crippen molar-refractivity contribution in [2.24, 2.45) is 0 Å². The molecule has 8 heteroatoms. The SMILES string of the molecule is CC(C)(C)OC(=O)NCC(=O)NC(C)(C)C(=O)NCCc1ccc(O)cc1. The molecule has 1 aromatic rings. The Morgan fingerprint density at radius 2 is 1.59 bits per heavy atom. The largest absolute Gasteiger partial charge is 0.508 e. The first-order chi connectivity index (χ1) is 12.4. The highest BCUT2D eigenvalue weighted by atomic mass is 16.6. The van der Waals surface area contributed by atoms with Crippen molar-refractivity contribution in [3.05, 3.63) is 29.8 Å². The van der Waals surface area contributed by atoms with E-state index in [-0.39, 0.29) is 18.2 Å². The lowest BCUT2D eigenvalue weighted by molar-refractivity contribution is -0.131. The van der Waals surface area contributed by atoms with Gasteiger partial charge in [0.1, 0.15) is 23.4 Å². The number of ether oxygens (including phenoxy) is 1. The first-order valence-corrected chi connectivity index (χ1v) is 8.73. The number of carbonyl (C=O) groups excluding carboxylic acids is 3. The van der Waals surface area contributed by atoms with Crippen molar-refractivity contribution in [3.8, 4) is 5.75 Å². The van der Waals surface area contributed by atoms with E-state index in [4.69, 9.17) is 4.74 Å². The number of phenols is 1. The summed E-state index contributed by atoms with van der Waals surface area (Å²) < 4.78 is 5.04. The minimum Gasteiger partial charge on any atom is -0.508 e. The zero-order chi connectivity index (χ0) is 20.7. The number of alkyl carbamates (subject to hydrolysis) is 1. The van der Waals surface area contributed by atoms with E-state index in [1.165, 1.54) is 0 Å². The highest BCUT2D eigenvalue weighted by molar-refractivity contribution is 5.92. The molecule has 0 aliphatic carbocycles. The zero-order valence-corrected chi connectivity index (χ0v) is 16.5. The van der Waals surface area contributed by atoms with Gasteiger partial charge in [0, 0.05) is 6.54 Å². The molecule has 0 aromatic heterocycles. The third-order valence-corrected chi connectivity index (χ3v) is 3.45. The molecule has 27 heavy (non-hydrogen) atoms. The maximum atomic E-state index is 12.3. The summed E-state index contributed by atoms with van der Waals surface area (Å²) in [4.78, 5) is 35.8. The van der Waals surface area contributed by atoms with Crippen LogP contribution in [0.5, 0.6) is 5.75 Å². The van der Waals surface area contributed by atoms with E-state index < -0.39 is 23.1 Å². The van der Waals surface area contributed by atoms with Crippen molar-refractivity contribution in [3.63, 3.8) is 0 Å². The molecular weight excluding hydrogens is 350 g/mol. The Morgan fingerprint density at radius 1 is 1.00 bits per heavy atom. The number of carbonyl (C=O) groups is 3.